The minimum Gasteiger partial charge on any atom is -0.278 e. The van der Waals surface area contributed by atoms with Gasteiger partial charge >= 0.3 is 0 Å². The maximum absolute atomic E-state index is 3.98. The number of nitrogens with zero attached hydrogens (tertiary/aromatic N) is 1. The summed E-state index contributed by atoms with van der Waals surface area (Å²) in [6.07, 6.45) is 4.66. The fourth-order valence-corrected chi connectivity index (χ4v) is 1.36. The maximum atomic E-state index is 3.98. The zero-order valence-electron chi connectivity index (χ0n) is 6.75. The van der Waals surface area contributed by atoms with Crippen molar-refractivity contribution in [2.75, 3.05) is 0 Å². The quantitative estimate of drug-likeness (QED) is 0.667. The Bertz CT molecular complexity index is 401. The van der Waals surface area contributed by atoms with Gasteiger partial charge in [0.15, 0.2) is 0 Å². The number of nitrogens with one attached hydrogen (secondary N) is 1. The monoisotopic (exact) mass is 158 g/mol. The summed E-state index contributed by atoms with van der Waals surface area (Å²) in [6, 6.07) is 6.15. The third kappa shape index (κ3) is 1.01. The standard InChI is InChI=1S/C10H10N2/c1-2-4-8-5-3-6-10-9(8)7-11-12-10/h2-3,5-7H,1,4H2,(H,11,12). The molecule has 0 amide bonds. The Morgan fingerprint density at radius 3 is 3.25 bits per heavy atom. The summed E-state index contributed by atoms with van der Waals surface area (Å²) in [6.45, 7) is 3.72. The predicted octanol–water partition coefficient (Wildman–Crippen LogP) is 2.29. The van der Waals surface area contributed by atoms with E-state index in [9.17, 15) is 0 Å². The lowest BCUT2D eigenvalue weighted by Gasteiger charge is -1.96. The molecule has 0 spiro atoms. The van der Waals surface area contributed by atoms with E-state index in [1.165, 1.54) is 10.9 Å². The molecule has 0 radical (unpaired) electrons. The molecule has 1 aromatic heterocycles. The molecule has 0 bridgehead atoms. The van der Waals surface area contributed by atoms with E-state index in [2.05, 4.69) is 22.8 Å². The summed E-state index contributed by atoms with van der Waals surface area (Å²) < 4.78 is 0. The second-order valence-electron chi connectivity index (χ2n) is 2.74. The Morgan fingerprint density at radius 1 is 1.50 bits per heavy atom. The van der Waals surface area contributed by atoms with Gasteiger partial charge in [0.25, 0.3) is 0 Å². The topological polar surface area (TPSA) is 28.7 Å². The number of aromatic nitrogens is 2. The summed E-state index contributed by atoms with van der Waals surface area (Å²) in [4.78, 5) is 0. The Morgan fingerprint density at radius 2 is 2.42 bits per heavy atom. The fraction of sp³-hybridized carbons (Fsp3) is 0.100. The molecule has 12 heavy (non-hydrogen) atoms. The largest absolute Gasteiger partial charge is 0.278 e. The first-order chi connectivity index (χ1) is 5.92. The molecule has 0 atom stereocenters. The van der Waals surface area contributed by atoms with E-state index >= 15 is 0 Å². The van der Waals surface area contributed by atoms with Crippen molar-refractivity contribution in [3.8, 4) is 0 Å². The Kier molecular flexibility index (Phi) is 1.67. The number of H-pyrrole nitrogens is 1. The zero-order valence-corrected chi connectivity index (χ0v) is 6.75. The van der Waals surface area contributed by atoms with Gasteiger partial charge in [0.1, 0.15) is 0 Å². The lowest BCUT2D eigenvalue weighted by molar-refractivity contribution is 1.12. The van der Waals surface area contributed by atoms with Crippen LogP contribution >= 0.6 is 0 Å². The minimum absolute atomic E-state index is 0.900. The molecule has 0 aliphatic heterocycles. The number of aromatic amines is 1. The van der Waals surface area contributed by atoms with Crippen LogP contribution < -0.4 is 0 Å². The van der Waals surface area contributed by atoms with Crippen LogP contribution in [0.15, 0.2) is 37.1 Å². The van der Waals surface area contributed by atoms with Crippen molar-refractivity contribution in [2.24, 2.45) is 0 Å². The molecule has 2 rings (SSSR count). The maximum Gasteiger partial charge on any atom is 0.0653 e. The van der Waals surface area contributed by atoms with Crippen molar-refractivity contribution in [3.05, 3.63) is 42.6 Å². The fourth-order valence-electron chi connectivity index (χ4n) is 1.36. The van der Waals surface area contributed by atoms with Gasteiger partial charge in [0, 0.05) is 5.39 Å². The highest BCUT2D eigenvalue weighted by Gasteiger charge is 1.98. The zero-order chi connectivity index (χ0) is 8.39. The van der Waals surface area contributed by atoms with Crippen LogP contribution in [-0.2, 0) is 6.42 Å². The Hall–Kier alpha value is -1.57. The van der Waals surface area contributed by atoms with Gasteiger partial charge in [-0.2, -0.15) is 5.10 Å². The van der Waals surface area contributed by atoms with E-state index in [0.29, 0.717) is 0 Å². The van der Waals surface area contributed by atoms with Gasteiger partial charge in [-0.1, -0.05) is 18.2 Å². The molecule has 0 aliphatic rings. The van der Waals surface area contributed by atoms with Crippen molar-refractivity contribution in [2.45, 2.75) is 6.42 Å². The third-order valence-electron chi connectivity index (χ3n) is 1.94. The van der Waals surface area contributed by atoms with Crippen LogP contribution in [0.3, 0.4) is 0 Å². The SMILES string of the molecule is C=CCc1cccc2[nH]ncc12. The Balaban J connectivity index is 2.65. The lowest BCUT2D eigenvalue weighted by atomic mass is 10.1. The molecule has 0 unspecified atom stereocenters. The average Bonchev–Trinajstić information content (AvgIpc) is 2.53. The number of rotatable bonds is 2. The van der Waals surface area contributed by atoms with Gasteiger partial charge in [-0.15, -0.1) is 6.58 Å². The molecular weight excluding hydrogens is 148 g/mol. The summed E-state index contributed by atoms with van der Waals surface area (Å²) >= 11 is 0. The first-order valence-corrected chi connectivity index (χ1v) is 3.93. The van der Waals surface area contributed by atoms with Gasteiger partial charge in [0.2, 0.25) is 0 Å². The molecule has 60 valence electrons. The van der Waals surface area contributed by atoms with E-state index in [1.54, 1.807) is 0 Å². The van der Waals surface area contributed by atoms with E-state index in [-0.39, 0.29) is 0 Å². The summed E-state index contributed by atoms with van der Waals surface area (Å²) in [5.74, 6) is 0. The second kappa shape index (κ2) is 2.81. The number of allylic oxidation sites excluding steroid dienone is 1. The number of benzene rings is 1. The van der Waals surface area contributed by atoms with E-state index in [1.807, 2.05) is 24.4 Å². The van der Waals surface area contributed by atoms with Crippen molar-refractivity contribution >= 4 is 10.9 Å². The summed E-state index contributed by atoms with van der Waals surface area (Å²) in [5.41, 5.74) is 2.37. The molecule has 0 saturated heterocycles. The van der Waals surface area contributed by atoms with Gasteiger partial charge in [-0.05, 0) is 18.1 Å². The molecule has 2 aromatic rings. The molecule has 1 heterocycles. The average molecular weight is 158 g/mol. The first kappa shape index (κ1) is 7.10. The van der Waals surface area contributed by atoms with Gasteiger partial charge < -0.3 is 0 Å². The highest BCUT2D eigenvalue weighted by molar-refractivity contribution is 5.81. The van der Waals surface area contributed by atoms with Crippen molar-refractivity contribution in [3.63, 3.8) is 0 Å². The molecule has 2 nitrogen and oxygen atoms in total. The predicted molar refractivity (Wildman–Crippen MR) is 50.0 cm³/mol. The van der Waals surface area contributed by atoms with Crippen LogP contribution in [0.4, 0.5) is 0 Å². The number of hydrogen-bond donors (Lipinski definition) is 1. The minimum atomic E-state index is 0.900. The lowest BCUT2D eigenvalue weighted by Crippen LogP contribution is -1.80. The smallest absolute Gasteiger partial charge is 0.0653 e. The second-order valence-corrected chi connectivity index (χ2v) is 2.74. The third-order valence-corrected chi connectivity index (χ3v) is 1.94. The van der Waals surface area contributed by atoms with Crippen LogP contribution in [0.2, 0.25) is 0 Å². The van der Waals surface area contributed by atoms with Gasteiger partial charge in [0.05, 0.1) is 11.7 Å². The molecule has 0 aliphatic carbocycles. The van der Waals surface area contributed by atoms with Crippen LogP contribution in [0, 0.1) is 0 Å². The number of hydrogen-bond acceptors (Lipinski definition) is 1. The van der Waals surface area contributed by atoms with Gasteiger partial charge in [-0.25, -0.2) is 0 Å². The van der Waals surface area contributed by atoms with E-state index in [4.69, 9.17) is 0 Å². The van der Waals surface area contributed by atoms with Gasteiger partial charge in [-0.3, -0.25) is 5.10 Å². The van der Waals surface area contributed by atoms with Crippen LogP contribution in [0.5, 0.6) is 0 Å². The van der Waals surface area contributed by atoms with Crippen molar-refractivity contribution in [1.29, 1.82) is 0 Å². The molecule has 0 fully saturated rings. The van der Waals surface area contributed by atoms with E-state index in [0.717, 1.165) is 11.9 Å². The van der Waals surface area contributed by atoms with Crippen LogP contribution in [-0.4, -0.2) is 10.2 Å². The Labute approximate surface area is 70.9 Å². The highest BCUT2D eigenvalue weighted by atomic mass is 15.1. The van der Waals surface area contributed by atoms with E-state index < -0.39 is 0 Å². The molecule has 1 N–H and O–H groups in total. The van der Waals surface area contributed by atoms with Crippen molar-refractivity contribution in [1.82, 2.24) is 10.2 Å². The van der Waals surface area contributed by atoms with Crippen LogP contribution in [0.25, 0.3) is 10.9 Å². The van der Waals surface area contributed by atoms with Crippen LogP contribution in [0.1, 0.15) is 5.56 Å². The molecule has 0 saturated carbocycles. The molecule has 2 heteroatoms. The normalized spacial score (nSPS) is 10.3. The molecular formula is C10H10N2. The summed E-state index contributed by atoms with van der Waals surface area (Å²) in [7, 11) is 0. The van der Waals surface area contributed by atoms with Crippen molar-refractivity contribution < 1.29 is 0 Å². The highest BCUT2D eigenvalue weighted by Crippen LogP contribution is 2.16. The first-order valence-electron chi connectivity index (χ1n) is 3.93. The summed E-state index contributed by atoms with van der Waals surface area (Å²) in [5, 5.41) is 8.11. The number of fused-ring (bicyclic) bond motifs is 1. The molecule has 1 aromatic carbocycles.